The smallest absolute Gasteiger partial charge is 0.239 e. The first-order chi connectivity index (χ1) is 9.06. The van der Waals surface area contributed by atoms with E-state index >= 15 is 0 Å². The number of nitrogens with one attached hydrogen (secondary N) is 1. The summed E-state index contributed by atoms with van der Waals surface area (Å²) >= 11 is 0. The van der Waals surface area contributed by atoms with Gasteiger partial charge in [0.15, 0.2) is 0 Å². The Kier molecular flexibility index (Phi) is 4.85. The molecule has 0 aromatic heterocycles. The number of aliphatic hydroxyl groups is 1. The largest absolute Gasteiger partial charge is 0.394 e. The maximum absolute atomic E-state index is 12.3. The molecule has 0 aromatic carbocycles. The number of aliphatic hydroxyl groups excluding tert-OH is 1. The number of likely N-dealkylation sites (tertiary alicyclic amines) is 1. The summed E-state index contributed by atoms with van der Waals surface area (Å²) in [7, 11) is 0. The van der Waals surface area contributed by atoms with Gasteiger partial charge in [0, 0.05) is 18.6 Å². The van der Waals surface area contributed by atoms with Crippen molar-refractivity contribution >= 4 is 5.91 Å². The lowest BCUT2D eigenvalue weighted by Crippen LogP contribution is -2.58. The summed E-state index contributed by atoms with van der Waals surface area (Å²) in [5.74, 6) is 0.825. The van der Waals surface area contributed by atoms with Crippen molar-refractivity contribution in [3.63, 3.8) is 0 Å². The van der Waals surface area contributed by atoms with E-state index in [1.54, 1.807) is 0 Å². The Balaban J connectivity index is 1.95. The molecule has 110 valence electrons. The second-order valence-electron chi connectivity index (χ2n) is 6.54. The molecule has 1 aliphatic carbocycles. The second-order valence-corrected chi connectivity index (χ2v) is 6.54. The summed E-state index contributed by atoms with van der Waals surface area (Å²) in [5, 5.41) is 13.2. The van der Waals surface area contributed by atoms with Crippen LogP contribution in [0.2, 0.25) is 0 Å². The molecule has 1 aliphatic heterocycles. The van der Waals surface area contributed by atoms with E-state index in [1.165, 1.54) is 6.42 Å². The minimum atomic E-state index is -0.244. The third kappa shape index (κ3) is 3.48. The Morgan fingerprint density at radius 2 is 2.11 bits per heavy atom. The van der Waals surface area contributed by atoms with Crippen LogP contribution in [-0.2, 0) is 4.79 Å². The van der Waals surface area contributed by atoms with Crippen LogP contribution in [-0.4, -0.2) is 47.2 Å². The highest BCUT2D eigenvalue weighted by molar-refractivity contribution is 5.81. The summed E-state index contributed by atoms with van der Waals surface area (Å²) in [5.41, 5.74) is -0.244. The van der Waals surface area contributed by atoms with Gasteiger partial charge in [-0.05, 0) is 38.5 Å². The highest BCUT2D eigenvalue weighted by Gasteiger charge is 2.37. The fraction of sp³-hybridized carbons (Fsp3) is 0.933. The summed E-state index contributed by atoms with van der Waals surface area (Å²) in [6.45, 7) is 6.10. The monoisotopic (exact) mass is 268 g/mol. The van der Waals surface area contributed by atoms with Crippen molar-refractivity contribution < 1.29 is 9.90 Å². The van der Waals surface area contributed by atoms with E-state index in [4.69, 9.17) is 0 Å². The molecule has 2 aliphatic rings. The van der Waals surface area contributed by atoms with Crippen LogP contribution in [0.5, 0.6) is 0 Å². The molecule has 19 heavy (non-hydrogen) atoms. The average molecular weight is 268 g/mol. The van der Waals surface area contributed by atoms with E-state index in [-0.39, 0.29) is 24.1 Å². The highest BCUT2D eigenvalue weighted by atomic mass is 16.3. The van der Waals surface area contributed by atoms with Gasteiger partial charge >= 0.3 is 0 Å². The molecule has 0 radical (unpaired) electrons. The minimum absolute atomic E-state index is 0.134. The predicted octanol–water partition coefficient (Wildman–Crippen LogP) is 1.53. The molecule has 0 aromatic rings. The quantitative estimate of drug-likeness (QED) is 0.813. The molecule has 1 amide bonds. The van der Waals surface area contributed by atoms with Crippen LogP contribution in [0.4, 0.5) is 0 Å². The molecule has 2 fully saturated rings. The molecule has 2 rings (SSSR count). The first kappa shape index (κ1) is 14.8. The number of amides is 1. The SMILES string of the molecule is CC1CCCC(CO)(NC(C)C(=O)N2CCCC2)C1. The van der Waals surface area contributed by atoms with Gasteiger partial charge < -0.3 is 10.0 Å². The fourth-order valence-corrected chi connectivity index (χ4v) is 3.71. The van der Waals surface area contributed by atoms with Crippen molar-refractivity contribution in [1.29, 1.82) is 0 Å². The lowest BCUT2D eigenvalue weighted by atomic mass is 9.76. The number of carbonyl (C=O) groups is 1. The van der Waals surface area contributed by atoms with Crippen molar-refractivity contribution in [3.05, 3.63) is 0 Å². The van der Waals surface area contributed by atoms with Gasteiger partial charge in [-0.2, -0.15) is 0 Å². The zero-order chi connectivity index (χ0) is 13.9. The van der Waals surface area contributed by atoms with Gasteiger partial charge in [0.25, 0.3) is 0 Å². The third-order valence-electron chi connectivity index (χ3n) is 4.70. The molecule has 1 saturated carbocycles. The molecule has 0 spiro atoms. The van der Waals surface area contributed by atoms with Gasteiger partial charge in [-0.15, -0.1) is 0 Å². The summed E-state index contributed by atoms with van der Waals surface area (Å²) in [6.07, 6.45) is 6.57. The Hall–Kier alpha value is -0.610. The number of carbonyl (C=O) groups excluding carboxylic acids is 1. The van der Waals surface area contributed by atoms with Gasteiger partial charge in [-0.1, -0.05) is 19.8 Å². The van der Waals surface area contributed by atoms with Crippen LogP contribution in [0.15, 0.2) is 0 Å². The van der Waals surface area contributed by atoms with Crippen molar-refractivity contribution in [1.82, 2.24) is 10.2 Å². The van der Waals surface area contributed by atoms with E-state index in [1.807, 2.05) is 11.8 Å². The number of hydrogen-bond acceptors (Lipinski definition) is 3. The van der Waals surface area contributed by atoms with Crippen LogP contribution in [0.25, 0.3) is 0 Å². The number of hydrogen-bond donors (Lipinski definition) is 2. The van der Waals surface area contributed by atoms with E-state index in [0.717, 1.165) is 45.2 Å². The van der Waals surface area contributed by atoms with E-state index in [9.17, 15) is 9.90 Å². The Bertz CT molecular complexity index is 315. The first-order valence-corrected chi connectivity index (χ1v) is 7.74. The molecule has 2 N–H and O–H groups in total. The third-order valence-corrected chi connectivity index (χ3v) is 4.70. The standard InChI is InChI=1S/C15H28N2O2/c1-12-6-5-7-15(10-12,11-18)16-13(2)14(19)17-8-3-4-9-17/h12-13,16,18H,3-11H2,1-2H3. The lowest BCUT2D eigenvalue weighted by molar-refractivity contribution is -0.132. The molecule has 1 heterocycles. The van der Waals surface area contributed by atoms with Crippen molar-refractivity contribution in [2.45, 2.75) is 64.0 Å². The van der Waals surface area contributed by atoms with Crippen molar-refractivity contribution in [2.24, 2.45) is 5.92 Å². The minimum Gasteiger partial charge on any atom is -0.394 e. The fourth-order valence-electron chi connectivity index (χ4n) is 3.71. The average Bonchev–Trinajstić information content (AvgIpc) is 2.91. The maximum Gasteiger partial charge on any atom is 0.239 e. The Morgan fingerprint density at radius 3 is 2.68 bits per heavy atom. The maximum atomic E-state index is 12.3. The Labute approximate surface area is 116 Å². The van der Waals surface area contributed by atoms with Crippen LogP contribution < -0.4 is 5.32 Å². The van der Waals surface area contributed by atoms with Gasteiger partial charge in [-0.3, -0.25) is 10.1 Å². The number of nitrogens with zero attached hydrogens (tertiary/aromatic N) is 1. The van der Waals surface area contributed by atoms with E-state index < -0.39 is 0 Å². The second kappa shape index (κ2) is 6.23. The van der Waals surface area contributed by atoms with Crippen LogP contribution >= 0.6 is 0 Å². The van der Waals surface area contributed by atoms with Gasteiger partial charge in [-0.25, -0.2) is 0 Å². The summed E-state index contributed by atoms with van der Waals surface area (Å²) in [4.78, 5) is 14.3. The summed E-state index contributed by atoms with van der Waals surface area (Å²) in [6, 6.07) is -0.185. The highest BCUT2D eigenvalue weighted by Crippen LogP contribution is 2.32. The van der Waals surface area contributed by atoms with Crippen LogP contribution in [0.3, 0.4) is 0 Å². The van der Waals surface area contributed by atoms with Crippen LogP contribution in [0, 0.1) is 5.92 Å². The van der Waals surface area contributed by atoms with Gasteiger partial charge in [0.1, 0.15) is 0 Å². The van der Waals surface area contributed by atoms with Gasteiger partial charge in [0.2, 0.25) is 5.91 Å². The van der Waals surface area contributed by atoms with Crippen molar-refractivity contribution in [2.75, 3.05) is 19.7 Å². The molecule has 3 atom stereocenters. The van der Waals surface area contributed by atoms with E-state index in [0.29, 0.717) is 5.92 Å². The first-order valence-electron chi connectivity index (χ1n) is 7.74. The topological polar surface area (TPSA) is 52.6 Å². The zero-order valence-electron chi connectivity index (χ0n) is 12.3. The predicted molar refractivity (Wildman–Crippen MR) is 75.9 cm³/mol. The molecule has 4 nitrogen and oxygen atoms in total. The van der Waals surface area contributed by atoms with Crippen LogP contribution in [0.1, 0.15) is 52.4 Å². The molecule has 1 saturated heterocycles. The molecular weight excluding hydrogens is 240 g/mol. The van der Waals surface area contributed by atoms with Gasteiger partial charge in [0.05, 0.1) is 12.6 Å². The molecular formula is C15H28N2O2. The normalized spacial score (nSPS) is 33.4. The summed E-state index contributed by atoms with van der Waals surface area (Å²) < 4.78 is 0. The molecule has 4 heteroatoms. The van der Waals surface area contributed by atoms with Crippen molar-refractivity contribution in [3.8, 4) is 0 Å². The van der Waals surface area contributed by atoms with E-state index in [2.05, 4.69) is 12.2 Å². The molecule has 3 unspecified atom stereocenters. The lowest BCUT2D eigenvalue weighted by Gasteiger charge is -2.41. The zero-order valence-corrected chi connectivity index (χ0v) is 12.3. The molecule has 0 bridgehead atoms. The number of rotatable bonds is 4. The Morgan fingerprint density at radius 1 is 1.42 bits per heavy atom.